The van der Waals surface area contributed by atoms with Crippen LogP contribution < -0.4 is 5.32 Å². The molecule has 0 atom stereocenters. The largest absolute Gasteiger partial charge is 0.348 e. The van der Waals surface area contributed by atoms with Gasteiger partial charge in [-0.05, 0) is 57.2 Å². The van der Waals surface area contributed by atoms with E-state index in [2.05, 4.69) is 15.6 Å². The zero-order valence-electron chi connectivity index (χ0n) is 16.3. The van der Waals surface area contributed by atoms with Gasteiger partial charge in [-0.3, -0.25) is 4.79 Å². The highest BCUT2D eigenvalue weighted by atomic mass is 32.2. The van der Waals surface area contributed by atoms with E-state index in [1.165, 1.54) is 0 Å². The molecule has 1 aromatic heterocycles. The van der Waals surface area contributed by atoms with Gasteiger partial charge in [-0.15, -0.1) is 5.10 Å². The van der Waals surface area contributed by atoms with E-state index in [0.717, 1.165) is 29.7 Å². The van der Waals surface area contributed by atoms with Gasteiger partial charge in [0.25, 0.3) is 5.91 Å². The van der Waals surface area contributed by atoms with Crippen LogP contribution in [0.1, 0.15) is 54.0 Å². The van der Waals surface area contributed by atoms with Crippen molar-refractivity contribution >= 4 is 15.9 Å². The molecule has 150 valence electrons. The Kier molecular flexibility index (Phi) is 4.75. The summed E-state index contributed by atoms with van der Waals surface area (Å²) in [5, 5.41) is 10.8. The number of fused-ring (bicyclic) bond motifs is 1. The number of sulfonamides is 1. The first-order valence-corrected chi connectivity index (χ1v) is 11.1. The highest BCUT2D eigenvalue weighted by Gasteiger charge is 2.31. The molecule has 1 saturated carbocycles. The Morgan fingerprint density at radius 3 is 2.71 bits per heavy atom. The fourth-order valence-corrected chi connectivity index (χ4v) is 4.79. The Bertz CT molecular complexity index is 1020. The summed E-state index contributed by atoms with van der Waals surface area (Å²) >= 11 is 0. The molecule has 0 unspecified atom stereocenters. The first kappa shape index (κ1) is 19.1. The second kappa shape index (κ2) is 6.97. The molecular formula is C19H25N5O3S. The Balaban J connectivity index is 1.65. The topological polar surface area (TPSA) is 97.2 Å². The Hall–Kier alpha value is -2.26. The third-order valence-electron chi connectivity index (χ3n) is 5.41. The molecule has 0 spiro atoms. The number of carbonyl (C=O) groups is 1. The van der Waals surface area contributed by atoms with E-state index in [0.29, 0.717) is 30.9 Å². The van der Waals surface area contributed by atoms with Crippen molar-refractivity contribution in [2.75, 3.05) is 6.54 Å². The summed E-state index contributed by atoms with van der Waals surface area (Å²) in [5.41, 5.74) is 3.90. The van der Waals surface area contributed by atoms with Gasteiger partial charge in [-0.2, -0.15) is 4.31 Å². The second-order valence-electron chi connectivity index (χ2n) is 7.78. The van der Waals surface area contributed by atoms with Gasteiger partial charge in [-0.1, -0.05) is 17.3 Å². The predicted molar refractivity (Wildman–Crippen MR) is 105 cm³/mol. The molecule has 9 heteroatoms. The van der Waals surface area contributed by atoms with Gasteiger partial charge in [0.2, 0.25) is 10.0 Å². The number of rotatable bonds is 5. The van der Waals surface area contributed by atoms with Crippen molar-refractivity contribution in [3.8, 4) is 5.69 Å². The molecule has 8 nitrogen and oxygen atoms in total. The minimum absolute atomic E-state index is 0.190. The molecule has 2 heterocycles. The third-order valence-corrected chi connectivity index (χ3v) is 7.64. The SMILES string of the molecule is Cc1c(C(=O)NC2CC2)nnn1-c1cccc2c1CCN(S(=O)(=O)C(C)C)C2. The van der Waals surface area contributed by atoms with E-state index in [1.807, 2.05) is 25.1 Å². The molecule has 1 fully saturated rings. The number of hydrogen-bond donors (Lipinski definition) is 1. The molecule has 1 aliphatic carbocycles. The van der Waals surface area contributed by atoms with Gasteiger partial charge in [-0.25, -0.2) is 13.1 Å². The highest BCUT2D eigenvalue weighted by molar-refractivity contribution is 7.89. The lowest BCUT2D eigenvalue weighted by molar-refractivity contribution is 0.0945. The van der Waals surface area contributed by atoms with Crippen LogP contribution >= 0.6 is 0 Å². The molecule has 1 N–H and O–H groups in total. The van der Waals surface area contributed by atoms with Gasteiger partial charge in [0.15, 0.2) is 5.69 Å². The van der Waals surface area contributed by atoms with Gasteiger partial charge < -0.3 is 5.32 Å². The summed E-state index contributed by atoms with van der Waals surface area (Å²) in [4.78, 5) is 12.4. The van der Waals surface area contributed by atoms with Crippen molar-refractivity contribution in [1.29, 1.82) is 0 Å². The molecule has 1 aromatic carbocycles. The summed E-state index contributed by atoms with van der Waals surface area (Å²) in [7, 11) is -3.30. The number of benzene rings is 1. The maximum atomic E-state index is 12.5. The predicted octanol–water partition coefficient (Wildman–Crippen LogP) is 1.56. The minimum Gasteiger partial charge on any atom is -0.348 e. The molecular weight excluding hydrogens is 378 g/mol. The lowest BCUT2D eigenvalue weighted by atomic mass is 9.99. The average Bonchev–Trinajstić information content (AvgIpc) is 3.39. The third kappa shape index (κ3) is 3.33. The normalized spacial score (nSPS) is 17.6. The minimum atomic E-state index is -3.30. The van der Waals surface area contributed by atoms with E-state index < -0.39 is 15.3 Å². The maximum absolute atomic E-state index is 12.5. The van der Waals surface area contributed by atoms with Gasteiger partial charge in [0.05, 0.1) is 16.6 Å². The quantitative estimate of drug-likeness (QED) is 0.817. The van der Waals surface area contributed by atoms with Crippen molar-refractivity contribution < 1.29 is 13.2 Å². The van der Waals surface area contributed by atoms with Crippen LogP contribution in [0.5, 0.6) is 0 Å². The molecule has 2 aromatic rings. The van der Waals surface area contributed by atoms with E-state index in [1.54, 1.807) is 22.8 Å². The zero-order chi connectivity index (χ0) is 20.1. The maximum Gasteiger partial charge on any atom is 0.273 e. The zero-order valence-corrected chi connectivity index (χ0v) is 17.2. The standard InChI is InChI=1S/C19H25N5O3S/c1-12(2)28(26,27)23-10-9-16-14(11-23)5-4-6-17(16)24-13(3)18(21-22-24)19(25)20-15-7-8-15/h4-6,12,15H,7-11H2,1-3H3,(H,20,25). The number of carbonyl (C=O) groups excluding carboxylic acids is 1. The van der Waals surface area contributed by atoms with Crippen LogP contribution in [-0.4, -0.2) is 51.5 Å². The number of amides is 1. The second-order valence-corrected chi connectivity index (χ2v) is 10.3. The van der Waals surface area contributed by atoms with Crippen LogP contribution in [0.3, 0.4) is 0 Å². The van der Waals surface area contributed by atoms with E-state index in [-0.39, 0.29) is 11.9 Å². The number of nitrogens with one attached hydrogen (secondary N) is 1. The van der Waals surface area contributed by atoms with Crippen molar-refractivity contribution in [1.82, 2.24) is 24.6 Å². The number of nitrogens with zero attached hydrogens (tertiary/aromatic N) is 4. The monoisotopic (exact) mass is 403 g/mol. The number of hydrogen-bond acceptors (Lipinski definition) is 5. The fraction of sp³-hybridized carbons (Fsp3) is 0.526. The lowest BCUT2D eigenvalue weighted by Crippen LogP contribution is -2.40. The molecule has 0 saturated heterocycles. The van der Waals surface area contributed by atoms with Crippen LogP contribution in [-0.2, 0) is 23.0 Å². The van der Waals surface area contributed by atoms with Crippen LogP contribution in [0.25, 0.3) is 5.69 Å². The smallest absolute Gasteiger partial charge is 0.273 e. The molecule has 1 aliphatic heterocycles. The summed E-state index contributed by atoms with van der Waals surface area (Å²) in [6.45, 7) is 6.03. The van der Waals surface area contributed by atoms with Crippen LogP contribution in [0.2, 0.25) is 0 Å². The average molecular weight is 404 g/mol. The summed E-state index contributed by atoms with van der Waals surface area (Å²) in [5.74, 6) is -0.190. The van der Waals surface area contributed by atoms with Crippen molar-refractivity contribution in [3.05, 3.63) is 40.7 Å². The van der Waals surface area contributed by atoms with Crippen LogP contribution in [0.4, 0.5) is 0 Å². The van der Waals surface area contributed by atoms with Crippen molar-refractivity contribution in [2.45, 2.75) is 57.9 Å². The Morgan fingerprint density at radius 1 is 1.29 bits per heavy atom. The summed E-state index contributed by atoms with van der Waals surface area (Å²) < 4.78 is 28.3. The molecule has 4 rings (SSSR count). The van der Waals surface area contributed by atoms with Gasteiger partial charge >= 0.3 is 0 Å². The summed E-state index contributed by atoms with van der Waals surface area (Å²) in [6, 6.07) is 6.05. The van der Waals surface area contributed by atoms with Crippen molar-refractivity contribution in [3.63, 3.8) is 0 Å². The molecule has 0 radical (unpaired) electrons. The first-order valence-electron chi connectivity index (χ1n) is 9.62. The first-order chi connectivity index (χ1) is 13.3. The molecule has 1 amide bonds. The van der Waals surface area contributed by atoms with Crippen LogP contribution in [0.15, 0.2) is 18.2 Å². The van der Waals surface area contributed by atoms with E-state index in [4.69, 9.17) is 0 Å². The fourth-order valence-electron chi connectivity index (χ4n) is 3.53. The molecule has 28 heavy (non-hydrogen) atoms. The van der Waals surface area contributed by atoms with E-state index in [9.17, 15) is 13.2 Å². The highest BCUT2D eigenvalue weighted by Crippen LogP contribution is 2.28. The lowest BCUT2D eigenvalue weighted by Gasteiger charge is -2.30. The van der Waals surface area contributed by atoms with Crippen LogP contribution in [0, 0.1) is 6.92 Å². The Morgan fingerprint density at radius 2 is 2.04 bits per heavy atom. The molecule has 0 bridgehead atoms. The van der Waals surface area contributed by atoms with Gasteiger partial charge in [0.1, 0.15) is 0 Å². The number of aromatic nitrogens is 3. The summed E-state index contributed by atoms with van der Waals surface area (Å²) in [6.07, 6.45) is 2.63. The van der Waals surface area contributed by atoms with Gasteiger partial charge in [0, 0.05) is 19.1 Å². The Labute approximate surface area is 165 Å². The molecule has 2 aliphatic rings. The van der Waals surface area contributed by atoms with Crippen molar-refractivity contribution in [2.24, 2.45) is 0 Å². The van der Waals surface area contributed by atoms with E-state index >= 15 is 0 Å².